The maximum atomic E-state index is 5.84. The minimum atomic E-state index is 0.186. The molecule has 1 rings (SSSR count). The molecule has 0 aliphatic rings. The first kappa shape index (κ1) is 18.0. The fourth-order valence-electron chi connectivity index (χ4n) is 2.08. The standard InChI is InChI=1S/C18H31NO2/c1-6-20-12-7-10-19-11-13-21-17-9-8-16(14-15(17)2)18(3,4)5/h8-9,14,19H,6-7,10-13H2,1-5H3. The SMILES string of the molecule is CCOCCCNCCOc1ccc(C(C)(C)C)cc1C. The van der Waals surface area contributed by atoms with E-state index < -0.39 is 0 Å². The lowest BCUT2D eigenvalue weighted by Crippen LogP contribution is -2.23. The highest BCUT2D eigenvalue weighted by molar-refractivity contribution is 5.38. The van der Waals surface area contributed by atoms with Gasteiger partial charge in [-0.2, -0.15) is 0 Å². The Labute approximate surface area is 130 Å². The van der Waals surface area contributed by atoms with Crippen molar-refractivity contribution in [3.8, 4) is 5.75 Å². The van der Waals surface area contributed by atoms with Crippen LogP contribution in [0, 0.1) is 6.92 Å². The highest BCUT2D eigenvalue weighted by atomic mass is 16.5. The number of nitrogens with one attached hydrogen (secondary N) is 1. The van der Waals surface area contributed by atoms with E-state index in [9.17, 15) is 0 Å². The molecule has 21 heavy (non-hydrogen) atoms. The van der Waals surface area contributed by atoms with Crippen LogP contribution >= 0.6 is 0 Å². The van der Waals surface area contributed by atoms with Crippen molar-refractivity contribution in [2.45, 2.75) is 46.5 Å². The van der Waals surface area contributed by atoms with Crippen LogP contribution in [-0.2, 0) is 10.2 Å². The smallest absolute Gasteiger partial charge is 0.122 e. The molecular weight excluding hydrogens is 262 g/mol. The molecule has 1 aromatic carbocycles. The lowest BCUT2D eigenvalue weighted by molar-refractivity contribution is 0.144. The van der Waals surface area contributed by atoms with Crippen molar-refractivity contribution < 1.29 is 9.47 Å². The Kier molecular flexibility index (Phi) is 7.76. The summed E-state index contributed by atoms with van der Waals surface area (Å²) in [5.41, 5.74) is 2.74. The molecule has 0 radical (unpaired) electrons. The van der Waals surface area contributed by atoms with E-state index >= 15 is 0 Å². The van der Waals surface area contributed by atoms with E-state index in [4.69, 9.17) is 9.47 Å². The van der Waals surface area contributed by atoms with Crippen molar-refractivity contribution in [2.24, 2.45) is 0 Å². The van der Waals surface area contributed by atoms with Crippen LogP contribution in [0.2, 0.25) is 0 Å². The second-order valence-corrected chi connectivity index (χ2v) is 6.38. The van der Waals surface area contributed by atoms with Crippen LogP contribution in [0.15, 0.2) is 18.2 Å². The molecule has 0 aliphatic carbocycles. The van der Waals surface area contributed by atoms with Crippen molar-refractivity contribution in [1.82, 2.24) is 5.32 Å². The van der Waals surface area contributed by atoms with Gasteiger partial charge >= 0.3 is 0 Å². The fraction of sp³-hybridized carbons (Fsp3) is 0.667. The summed E-state index contributed by atoms with van der Waals surface area (Å²) >= 11 is 0. The molecule has 0 fully saturated rings. The molecule has 0 saturated carbocycles. The van der Waals surface area contributed by atoms with Gasteiger partial charge in [-0.25, -0.2) is 0 Å². The summed E-state index contributed by atoms with van der Waals surface area (Å²) in [5.74, 6) is 0.985. The summed E-state index contributed by atoms with van der Waals surface area (Å²) in [6, 6.07) is 6.48. The van der Waals surface area contributed by atoms with Crippen molar-refractivity contribution in [3.63, 3.8) is 0 Å². The van der Waals surface area contributed by atoms with Gasteiger partial charge in [0.15, 0.2) is 0 Å². The molecule has 0 unspecified atom stereocenters. The molecule has 3 heteroatoms. The second-order valence-electron chi connectivity index (χ2n) is 6.38. The van der Waals surface area contributed by atoms with E-state index in [2.05, 4.69) is 51.2 Å². The highest BCUT2D eigenvalue weighted by Crippen LogP contribution is 2.27. The zero-order valence-electron chi connectivity index (χ0n) is 14.3. The average Bonchev–Trinajstić information content (AvgIpc) is 2.42. The van der Waals surface area contributed by atoms with E-state index in [-0.39, 0.29) is 5.41 Å². The lowest BCUT2D eigenvalue weighted by Gasteiger charge is -2.20. The molecule has 1 aromatic rings. The molecule has 0 aliphatic heterocycles. The number of benzene rings is 1. The van der Waals surface area contributed by atoms with Crippen LogP contribution in [-0.4, -0.2) is 32.9 Å². The van der Waals surface area contributed by atoms with Gasteiger partial charge < -0.3 is 14.8 Å². The third-order valence-electron chi connectivity index (χ3n) is 3.42. The summed E-state index contributed by atoms with van der Waals surface area (Å²) < 4.78 is 11.1. The van der Waals surface area contributed by atoms with Crippen LogP contribution in [0.5, 0.6) is 5.75 Å². The highest BCUT2D eigenvalue weighted by Gasteiger charge is 2.14. The largest absolute Gasteiger partial charge is 0.492 e. The minimum absolute atomic E-state index is 0.186. The topological polar surface area (TPSA) is 30.5 Å². The Morgan fingerprint density at radius 1 is 1.10 bits per heavy atom. The van der Waals surface area contributed by atoms with Gasteiger partial charge in [0, 0.05) is 19.8 Å². The molecule has 0 heterocycles. The summed E-state index contributed by atoms with van der Waals surface area (Å²) in [6.45, 7) is 15.0. The Morgan fingerprint density at radius 2 is 1.86 bits per heavy atom. The molecule has 0 bridgehead atoms. The first-order valence-electron chi connectivity index (χ1n) is 7.97. The summed E-state index contributed by atoms with van der Waals surface area (Å²) in [6.07, 6.45) is 1.05. The Bertz CT molecular complexity index is 410. The zero-order chi connectivity index (χ0) is 15.7. The van der Waals surface area contributed by atoms with Crippen molar-refractivity contribution in [3.05, 3.63) is 29.3 Å². The molecule has 3 nitrogen and oxygen atoms in total. The first-order chi connectivity index (χ1) is 9.95. The lowest BCUT2D eigenvalue weighted by atomic mass is 9.86. The van der Waals surface area contributed by atoms with E-state index in [0.29, 0.717) is 6.61 Å². The third-order valence-corrected chi connectivity index (χ3v) is 3.42. The zero-order valence-corrected chi connectivity index (χ0v) is 14.3. The molecule has 0 amide bonds. The van der Waals surface area contributed by atoms with Crippen LogP contribution in [0.3, 0.4) is 0 Å². The number of rotatable bonds is 9. The molecule has 120 valence electrons. The normalized spacial score (nSPS) is 11.7. The number of hydrogen-bond acceptors (Lipinski definition) is 3. The van der Waals surface area contributed by atoms with Gasteiger partial charge in [0.1, 0.15) is 12.4 Å². The van der Waals surface area contributed by atoms with E-state index in [0.717, 1.165) is 38.5 Å². The summed E-state index contributed by atoms with van der Waals surface area (Å²) in [4.78, 5) is 0. The Balaban J connectivity index is 2.27. The summed E-state index contributed by atoms with van der Waals surface area (Å²) in [7, 11) is 0. The van der Waals surface area contributed by atoms with E-state index in [1.807, 2.05) is 6.92 Å². The second kappa shape index (κ2) is 9.06. The molecule has 0 spiro atoms. The maximum Gasteiger partial charge on any atom is 0.122 e. The quantitative estimate of drug-likeness (QED) is 0.704. The van der Waals surface area contributed by atoms with Crippen LogP contribution in [0.25, 0.3) is 0 Å². The molecular formula is C18H31NO2. The van der Waals surface area contributed by atoms with Gasteiger partial charge in [0.25, 0.3) is 0 Å². The van der Waals surface area contributed by atoms with Crippen molar-refractivity contribution in [1.29, 1.82) is 0 Å². The van der Waals surface area contributed by atoms with Gasteiger partial charge in [0.05, 0.1) is 0 Å². The Hall–Kier alpha value is -1.06. The monoisotopic (exact) mass is 293 g/mol. The molecule has 0 saturated heterocycles. The number of aryl methyl sites for hydroxylation is 1. The first-order valence-corrected chi connectivity index (χ1v) is 7.97. The molecule has 0 aromatic heterocycles. The maximum absolute atomic E-state index is 5.84. The fourth-order valence-corrected chi connectivity index (χ4v) is 2.08. The van der Waals surface area contributed by atoms with Crippen molar-refractivity contribution >= 4 is 0 Å². The van der Waals surface area contributed by atoms with Gasteiger partial charge in [0.2, 0.25) is 0 Å². The molecule has 1 N–H and O–H groups in total. The molecule has 0 atom stereocenters. The predicted molar refractivity (Wildman–Crippen MR) is 89.4 cm³/mol. The Morgan fingerprint density at radius 3 is 2.48 bits per heavy atom. The minimum Gasteiger partial charge on any atom is -0.492 e. The van der Waals surface area contributed by atoms with Crippen molar-refractivity contribution in [2.75, 3.05) is 32.9 Å². The third kappa shape index (κ3) is 6.96. The van der Waals surface area contributed by atoms with Gasteiger partial charge in [-0.3, -0.25) is 0 Å². The van der Waals surface area contributed by atoms with Crippen LogP contribution < -0.4 is 10.1 Å². The van der Waals surface area contributed by atoms with Gasteiger partial charge in [-0.05, 0) is 49.4 Å². The van der Waals surface area contributed by atoms with Crippen LogP contribution in [0.1, 0.15) is 45.2 Å². The van der Waals surface area contributed by atoms with Crippen LogP contribution in [0.4, 0.5) is 0 Å². The van der Waals surface area contributed by atoms with Gasteiger partial charge in [-0.1, -0.05) is 32.9 Å². The van der Waals surface area contributed by atoms with E-state index in [1.165, 1.54) is 11.1 Å². The number of hydrogen-bond donors (Lipinski definition) is 1. The number of ether oxygens (including phenoxy) is 2. The van der Waals surface area contributed by atoms with E-state index in [1.54, 1.807) is 0 Å². The predicted octanol–water partition coefficient (Wildman–Crippen LogP) is 3.69. The van der Waals surface area contributed by atoms with Gasteiger partial charge in [-0.15, -0.1) is 0 Å². The average molecular weight is 293 g/mol. The summed E-state index contributed by atoms with van der Waals surface area (Å²) in [5, 5.41) is 3.36.